The summed E-state index contributed by atoms with van der Waals surface area (Å²) in [7, 11) is 1.99. The molecule has 0 fully saturated rings. The summed E-state index contributed by atoms with van der Waals surface area (Å²) in [6.45, 7) is 3.79. The fourth-order valence-corrected chi connectivity index (χ4v) is 1.92. The second kappa shape index (κ2) is 7.54. The number of rotatable bonds is 7. The summed E-state index contributed by atoms with van der Waals surface area (Å²) in [5.41, 5.74) is 7.08. The van der Waals surface area contributed by atoms with E-state index in [1.54, 1.807) is 18.5 Å². The Kier molecular flexibility index (Phi) is 5.45. The summed E-state index contributed by atoms with van der Waals surface area (Å²) in [5, 5.41) is 0. The Hall–Kier alpha value is -2.21. The van der Waals surface area contributed by atoms with Crippen LogP contribution in [0.15, 0.2) is 30.6 Å². The lowest BCUT2D eigenvalue weighted by molar-refractivity contribution is 0.128. The van der Waals surface area contributed by atoms with E-state index in [0.717, 1.165) is 18.8 Å². The molecule has 0 aliphatic rings. The molecule has 21 heavy (non-hydrogen) atoms. The molecule has 0 radical (unpaired) electrons. The predicted octanol–water partition coefficient (Wildman–Crippen LogP) is 1.67. The number of likely N-dealkylation sites (N-methyl/N-ethyl adjacent to an activating group) is 1. The first-order chi connectivity index (χ1) is 10.2. The van der Waals surface area contributed by atoms with Crippen molar-refractivity contribution < 1.29 is 4.74 Å². The largest absolute Gasteiger partial charge is 0.384 e. The number of pyridine rings is 1. The lowest BCUT2D eigenvalue weighted by Crippen LogP contribution is -2.22. The maximum Gasteiger partial charge on any atom is 0.158 e. The van der Waals surface area contributed by atoms with Crippen LogP contribution in [0.25, 0.3) is 0 Å². The fraction of sp³-hybridized carbons (Fsp3) is 0.400. The minimum atomic E-state index is 0.382. The van der Waals surface area contributed by atoms with Crippen LogP contribution in [0.2, 0.25) is 0 Å². The number of aromatic nitrogens is 3. The van der Waals surface area contributed by atoms with Crippen LogP contribution >= 0.6 is 0 Å². The Morgan fingerprint density at radius 2 is 2.00 bits per heavy atom. The highest BCUT2D eigenvalue weighted by molar-refractivity contribution is 5.46. The number of hydrogen-bond donors (Lipinski definition) is 1. The highest BCUT2D eigenvalue weighted by Crippen LogP contribution is 2.14. The zero-order valence-corrected chi connectivity index (χ0v) is 12.5. The van der Waals surface area contributed by atoms with Crippen molar-refractivity contribution in [2.24, 2.45) is 0 Å². The third kappa shape index (κ3) is 4.68. The van der Waals surface area contributed by atoms with Crippen molar-refractivity contribution in [2.75, 3.05) is 30.8 Å². The molecule has 2 aromatic rings. The highest BCUT2D eigenvalue weighted by atomic mass is 16.5. The van der Waals surface area contributed by atoms with Gasteiger partial charge < -0.3 is 15.4 Å². The summed E-state index contributed by atoms with van der Waals surface area (Å²) in [6, 6.07) is 5.81. The van der Waals surface area contributed by atoms with Gasteiger partial charge in [0.25, 0.3) is 0 Å². The highest BCUT2D eigenvalue weighted by Gasteiger charge is 2.07. The first-order valence-electron chi connectivity index (χ1n) is 7.00. The maximum absolute atomic E-state index is 5.83. The standard InChI is InChI=1S/C15H21N5O/c1-3-21-11-14-18-13(16)10-15(19-14)20(2)9-6-12-4-7-17-8-5-12/h4-5,7-8,10H,3,6,9,11H2,1-2H3,(H2,16,18,19). The van der Waals surface area contributed by atoms with E-state index >= 15 is 0 Å². The zero-order chi connectivity index (χ0) is 15.1. The van der Waals surface area contributed by atoms with E-state index in [1.807, 2.05) is 26.1 Å². The van der Waals surface area contributed by atoms with E-state index in [1.165, 1.54) is 5.56 Å². The van der Waals surface area contributed by atoms with Crippen LogP contribution in [0, 0.1) is 0 Å². The number of nitrogens with zero attached hydrogens (tertiary/aromatic N) is 4. The summed E-state index contributed by atoms with van der Waals surface area (Å²) < 4.78 is 5.33. The van der Waals surface area contributed by atoms with Crippen LogP contribution in [0.4, 0.5) is 11.6 Å². The van der Waals surface area contributed by atoms with E-state index < -0.39 is 0 Å². The third-order valence-corrected chi connectivity index (χ3v) is 3.09. The van der Waals surface area contributed by atoms with Gasteiger partial charge in [-0.3, -0.25) is 4.98 Å². The molecule has 0 atom stereocenters. The lowest BCUT2D eigenvalue weighted by Gasteiger charge is -2.19. The molecule has 6 nitrogen and oxygen atoms in total. The molecular weight excluding hydrogens is 266 g/mol. The first-order valence-corrected chi connectivity index (χ1v) is 7.00. The third-order valence-electron chi connectivity index (χ3n) is 3.09. The summed E-state index contributed by atoms with van der Waals surface area (Å²) in [4.78, 5) is 14.7. The van der Waals surface area contributed by atoms with E-state index in [9.17, 15) is 0 Å². The van der Waals surface area contributed by atoms with Crippen molar-refractivity contribution in [1.82, 2.24) is 15.0 Å². The van der Waals surface area contributed by atoms with Crippen molar-refractivity contribution in [3.8, 4) is 0 Å². The van der Waals surface area contributed by atoms with E-state index in [-0.39, 0.29) is 0 Å². The van der Waals surface area contributed by atoms with Gasteiger partial charge in [-0.05, 0) is 31.0 Å². The summed E-state index contributed by atoms with van der Waals surface area (Å²) in [5.74, 6) is 1.89. The molecule has 6 heteroatoms. The van der Waals surface area contributed by atoms with Gasteiger partial charge in [-0.1, -0.05) is 0 Å². The van der Waals surface area contributed by atoms with Gasteiger partial charge in [0.15, 0.2) is 5.82 Å². The molecule has 0 aromatic carbocycles. The van der Waals surface area contributed by atoms with Crippen LogP contribution in [0.3, 0.4) is 0 Å². The first kappa shape index (κ1) is 15.2. The van der Waals surface area contributed by atoms with Crippen molar-refractivity contribution in [2.45, 2.75) is 20.0 Å². The maximum atomic E-state index is 5.83. The number of nitrogen functional groups attached to an aromatic ring is 1. The Morgan fingerprint density at radius 1 is 1.24 bits per heavy atom. The number of ether oxygens (including phenoxy) is 1. The van der Waals surface area contributed by atoms with Crippen LogP contribution in [-0.2, 0) is 17.8 Å². The van der Waals surface area contributed by atoms with E-state index in [2.05, 4.69) is 19.9 Å². The molecule has 0 bridgehead atoms. The van der Waals surface area contributed by atoms with Crippen molar-refractivity contribution in [3.05, 3.63) is 42.0 Å². The second-order valence-corrected chi connectivity index (χ2v) is 4.73. The molecule has 2 N–H and O–H groups in total. The number of nitrogens with two attached hydrogens (primary N) is 1. The van der Waals surface area contributed by atoms with Gasteiger partial charge in [0.05, 0.1) is 0 Å². The van der Waals surface area contributed by atoms with Gasteiger partial charge in [-0.25, -0.2) is 9.97 Å². The smallest absolute Gasteiger partial charge is 0.158 e. The van der Waals surface area contributed by atoms with Crippen molar-refractivity contribution in [3.63, 3.8) is 0 Å². The number of hydrogen-bond acceptors (Lipinski definition) is 6. The molecule has 0 aliphatic heterocycles. The Morgan fingerprint density at radius 3 is 2.71 bits per heavy atom. The fourth-order valence-electron chi connectivity index (χ4n) is 1.92. The molecule has 0 spiro atoms. The summed E-state index contributed by atoms with van der Waals surface area (Å²) >= 11 is 0. The average molecular weight is 287 g/mol. The molecular formula is C15H21N5O. The van der Waals surface area contributed by atoms with Crippen LogP contribution in [-0.4, -0.2) is 35.2 Å². The minimum absolute atomic E-state index is 0.382. The molecule has 112 valence electrons. The molecule has 0 saturated heterocycles. The van der Waals surface area contributed by atoms with E-state index in [0.29, 0.717) is 24.9 Å². The predicted molar refractivity (Wildman–Crippen MR) is 83.0 cm³/mol. The lowest BCUT2D eigenvalue weighted by atomic mass is 10.2. The van der Waals surface area contributed by atoms with Crippen molar-refractivity contribution >= 4 is 11.6 Å². The van der Waals surface area contributed by atoms with Gasteiger partial charge in [-0.15, -0.1) is 0 Å². The molecule has 0 aliphatic carbocycles. The van der Waals surface area contributed by atoms with Gasteiger partial charge >= 0.3 is 0 Å². The second-order valence-electron chi connectivity index (χ2n) is 4.73. The molecule has 0 amide bonds. The minimum Gasteiger partial charge on any atom is -0.384 e. The zero-order valence-electron chi connectivity index (χ0n) is 12.5. The average Bonchev–Trinajstić information content (AvgIpc) is 2.51. The van der Waals surface area contributed by atoms with Crippen LogP contribution in [0.1, 0.15) is 18.3 Å². The molecule has 0 saturated carbocycles. The van der Waals surface area contributed by atoms with Gasteiger partial charge in [0, 0.05) is 38.7 Å². The Balaban J connectivity index is 2.01. The van der Waals surface area contributed by atoms with E-state index in [4.69, 9.17) is 10.5 Å². The monoisotopic (exact) mass is 287 g/mol. The Bertz CT molecular complexity index is 561. The molecule has 2 aromatic heterocycles. The SMILES string of the molecule is CCOCc1nc(N)cc(N(C)CCc2ccncc2)n1. The summed E-state index contributed by atoms with van der Waals surface area (Å²) in [6.07, 6.45) is 4.53. The quantitative estimate of drug-likeness (QED) is 0.834. The van der Waals surface area contributed by atoms with Gasteiger partial charge in [0.2, 0.25) is 0 Å². The van der Waals surface area contributed by atoms with Crippen LogP contribution in [0.5, 0.6) is 0 Å². The van der Waals surface area contributed by atoms with Crippen LogP contribution < -0.4 is 10.6 Å². The van der Waals surface area contributed by atoms with Gasteiger partial charge in [-0.2, -0.15) is 0 Å². The van der Waals surface area contributed by atoms with Crippen molar-refractivity contribution in [1.29, 1.82) is 0 Å². The molecule has 2 heterocycles. The normalized spacial score (nSPS) is 10.6. The molecule has 2 rings (SSSR count). The molecule has 0 unspecified atom stereocenters. The van der Waals surface area contributed by atoms with Gasteiger partial charge in [0.1, 0.15) is 18.2 Å². The Labute approximate surface area is 125 Å². The number of anilines is 2. The topological polar surface area (TPSA) is 77.2 Å².